The molecule has 3 aromatic rings. The van der Waals surface area contributed by atoms with E-state index >= 15 is 0 Å². The molecule has 0 bridgehead atoms. The van der Waals surface area contributed by atoms with Crippen LogP contribution in [0, 0.1) is 11.6 Å². The van der Waals surface area contributed by atoms with Crippen molar-refractivity contribution in [2.75, 3.05) is 7.11 Å². The van der Waals surface area contributed by atoms with Crippen molar-refractivity contribution in [3.63, 3.8) is 0 Å². The van der Waals surface area contributed by atoms with E-state index in [-0.39, 0.29) is 17.0 Å². The lowest BCUT2D eigenvalue weighted by Crippen LogP contribution is -2.40. The van der Waals surface area contributed by atoms with E-state index in [9.17, 15) is 18.4 Å². The molecule has 152 valence electrons. The summed E-state index contributed by atoms with van der Waals surface area (Å²) < 4.78 is 34.4. The van der Waals surface area contributed by atoms with Crippen molar-refractivity contribution < 1.29 is 18.3 Å². The van der Waals surface area contributed by atoms with Crippen LogP contribution >= 0.6 is 11.3 Å². The van der Waals surface area contributed by atoms with Crippen LogP contribution in [0.25, 0.3) is 6.08 Å². The second kappa shape index (κ2) is 7.79. The van der Waals surface area contributed by atoms with E-state index < -0.39 is 23.4 Å². The molecule has 0 radical (unpaired) electrons. The summed E-state index contributed by atoms with van der Waals surface area (Å²) in [6, 6.07) is 10.6. The number of hydrogen-bond donors (Lipinski definition) is 0. The summed E-state index contributed by atoms with van der Waals surface area (Å²) in [5, 5.41) is 0. The van der Waals surface area contributed by atoms with E-state index in [1.807, 2.05) is 0 Å². The molecule has 2 heterocycles. The first-order valence-electron chi connectivity index (χ1n) is 9.01. The van der Waals surface area contributed by atoms with E-state index in [0.29, 0.717) is 20.6 Å². The third-order valence-electron chi connectivity index (χ3n) is 4.79. The van der Waals surface area contributed by atoms with Gasteiger partial charge in [-0.1, -0.05) is 41.7 Å². The van der Waals surface area contributed by atoms with Crippen molar-refractivity contribution in [2.45, 2.75) is 13.0 Å². The van der Waals surface area contributed by atoms with Crippen molar-refractivity contribution in [2.24, 2.45) is 4.99 Å². The first-order valence-corrected chi connectivity index (χ1v) is 9.83. The number of rotatable bonds is 3. The summed E-state index contributed by atoms with van der Waals surface area (Å²) in [6.07, 6.45) is 1.61. The fourth-order valence-electron chi connectivity index (χ4n) is 3.39. The molecule has 1 atom stereocenters. The van der Waals surface area contributed by atoms with Crippen LogP contribution in [-0.4, -0.2) is 17.6 Å². The van der Waals surface area contributed by atoms with Crippen LogP contribution in [0.3, 0.4) is 0 Å². The Morgan fingerprint density at radius 1 is 1.17 bits per heavy atom. The monoisotopic (exact) mass is 426 g/mol. The summed E-state index contributed by atoms with van der Waals surface area (Å²) >= 11 is 1.12. The number of hydrogen-bond acceptors (Lipinski definition) is 5. The third-order valence-corrected chi connectivity index (χ3v) is 5.78. The fraction of sp³-hybridized carbons (Fsp3) is 0.136. The molecular formula is C22H16F2N2O3S. The topological polar surface area (TPSA) is 60.7 Å². The number of thiazole rings is 1. The van der Waals surface area contributed by atoms with E-state index in [1.165, 1.54) is 42.0 Å². The highest BCUT2D eigenvalue weighted by atomic mass is 32.1. The normalized spacial score (nSPS) is 16.3. The number of benzene rings is 2. The Balaban J connectivity index is 2.00. The molecule has 30 heavy (non-hydrogen) atoms. The van der Waals surface area contributed by atoms with Gasteiger partial charge in [-0.25, -0.2) is 18.6 Å². The standard InChI is InChI=1S/C22H16F2N2O3S/c1-12-18(21(28)29-2)19(15-5-3-4-6-16(15)24)26-20(27)17(30-22(26)25-12)11-13-7-9-14(23)10-8-13/h3-11,19H,1-2H3. The van der Waals surface area contributed by atoms with Crippen molar-refractivity contribution in [1.29, 1.82) is 0 Å². The van der Waals surface area contributed by atoms with Gasteiger partial charge in [0.2, 0.25) is 0 Å². The molecule has 0 N–H and O–H groups in total. The van der Waals surface area contributed by atoms with Crippen LogP contribution in [0.5, 0.6) is 0 Å². The zero-order valence-electron chi connectivity index (χ0n) is 16.1. The molecule has 0 spiro atoms. The van der Waals surface area contributed by atoms with Gasteiger partial charge in [0.1, 0.15) is 17.7 Å². The maximum atomic E-state index is 14.7. The fourth-order valence-corrected chi connectivity index (χ4v) is 4.44. The number of aromatic nitrogens is 1. The Labute approximate surface area is 173 Å². The Kier molecular flexibility index (Phi) is 5.17. The molecule has 1 unspecified atom stereocenters. The minimum absolute atomic E-state index is 0.100. The van der Waals surface area contributed by atoms with Gasteiger partial charge < -0.3 is 4.74 Å². The number of esters is 1. The number of carbonyl (C=O) groups excluding carboxylic acids is 1. The number of halogens is 2. The number of methoxy groups -OCH3 is 1. The van der Waals surface area contributed by atoms with Crippen molar-refractivity contribution in [3.05, 3.63) is 102 Å². The lowest BCUT2D eigenvalue weighted by molar-refractivity contribution is -0.136. The molecule has 1 aromatic heterocycles. The van der Waals surface area contributed by atoms with Crippen LogP contribution in [0.15, 0.2) is 69.6 Å². The van der Waals surface area contributed by atoms with Crippen LogP contribution in [0.2, 0.25) is 0 Å². The lowest BCUT2D eigenvalue weighted by Gasteiger charge is -2.24. The zero-order valence-corrected chi connectivity index (χ0v) is 16.9. The Morgan fingerprint density at radius 2 is 1.87 bits per heavy atom. The Bertz CT molecular complexity index is 1350. The average molecular weight is 426 g/mol. The second-order valence-corrected chi connectivity index (χ2v) is 7.66. The predicted octanol–water partition coefficient (Wildman–Crippen LogP) is 2.69. The van der Waals surface area contributed by atoms with E-state index in [2.05, 4.69) is 4.99 Å². The number of fused-ring (bicyclic) bond motifs is 1. The molecule has 2 aromatic carbocycles. The largest absolute Gasteiger partial charge is 0.466 e. The SMILES string of the molecule is COC(=O)C1=C(C)N=c2sc(=Cc3ccc(F)cc3)c(=O)n2C1c1ccccc1F. The quantitative estimate of drug-likeness (QED) is 0.605. The number of nitrogens with zero attached hydrogens (tertiary/aromatic N) is 2. The third kappa shape index (κ3) is 3.39. The Morgan fingerprint density at radius 3 is 2.53 bits per heavy atom. The van der Waals surface area contributed by atoms with E-state index in [4.69, 9.17) is 4.74 Å². The minimum Gasteiger partial charge on any atom is -0.466 e. The molecule has 0 fully saturated rings. The molecule has 0 amide bonds. The van der Waals surface area contributed by atoms with Crippen molar-refractivity contribution in [1.82, 2.24) is 4.57 Å². The second-order valence-electron chi connectivity index (χ2n) is 6.65. The van der Waals surface area contributed by atoms with E-state index in [1.54, 1.807) is 31.2 Å². The molecule has 4 rings (SSSR count). The maximum Gasteiger partial charge on any atom is 0.338 e. The molecule has 1 aliphatic rings. The van der Waals surface area contributed by atoms with Crippen LogP contribution in [0.4, 0.5) is 8.78 Å². The highest BCUT2D eigenvalue weighted by Crippen LogP contribution is 2.31. The summed E-state index contributed by atoms with van der Waals surface area (Å²) in [6.45, 7) is 1.62. The minimum atomic E-state index is -1.01. The van der Waals surface area contributed by atoms with Crippen LogP contribution in [-0.2, 0) is 9.53 Å². The summed E-state index contributed by atoms with van der Waals surface area (Å²) in [5.74, 6) is -1.62. The van der Waals surface area contributed by atoms with Gasteiger partial charge in [-0.15, -0.1) is 0 Å². The zero-order chi connectivity index (χ0) is 21.4. The van der Waals surface area contributed by atoms with Gasteiger partial charge in [-0.05, 0) is 36.8 Å². The van der Waals surface area contributed by atoms with Gasteiger partial charge >= 0.3 is 5.97 Å². The lowest BCUT2D eigenvalue weighted by atomic mass is 9.95. The first-order chi connectivity index (χ1) is 14.4. The highest BCUT2D eigenvalue weighted by Gasteiger charge is 2.34. The van der Waals surface area contributed by atoms with Crippen molar-refractivity contribution in [3.8, 4) is 0 Å². The molecule has 1 aliphatic heterocycles. The van der Waals surface area contributed by atoms with Gasteiger partial charge in [0, 0.05) is 5.56 Å². The Hall–Kier alpha value is -3.39. The summed E-state index contributed by atoms with van der Waals surface area (Å²) in [4.78, 5) is 30.5. The van der Waals surface area contributed by atoms with Gasteiger partial charge in [-0.3, -0.25) is 9.36 Å². The first kappa shape index (κ1) is 19.9. The molecule has 0 saturated carbocycles. The van der Waals surface area contributed by atoms with Gasteiger partial charge in [-0.2, -0.15) is 0 Å². The van der Waals surface area contributed by atoms with Crippen LogP contribution < -0.4 is 14.9 Å². The average Bonchev–Trinajstić information content (AvgIpc) is 3.03. The van der Waals surface area contributed by atoms with Gasteiger partial charge in [0.15, 0.2) is 4.80 Å². The highest BCUT2D eigenvalue weighted by molar-refractivity contribution is 7.07. The number of allylic oxidation sites excluding steroid dienone is 1. The van der Waals surface area contributed by atoms with Gasteiger partial charge in [0.25, 0.3) is 5.56 Å². The maximum absolute atomic E-state index is 14.7. The number of ether oxygens (including phenoxy) is 1. The summed E-state index contributed by atoms with van der Waals surface area (Å²) in [5.41, 5.74) is 0.827. The smallest absolute Gasteiger partial charge is 0.338 e. The summed E-state index contributed by atoms with van der Waals surface area (Å²) in [7, 11) is 1.22. The molecule has 5 nitrogen and oxygen atoms in total. The molecule has 0 saturated heterocycles. The van der Waals surface area contributed by atoms with Crippen LogP contribution in [0.1, 0.15) is 24.1 Å². The molecular weight excluding hydrogens is 410 g/mol. The van der Waals surface area contributed by atoms with Gasteiger partial charge in [0.05, 0.1) is 22.9 Å². The van der Waals surface area contributed by atoms with Crippen molar-refractivity contribution >= 4 is 23.4 Å². The van der Waals surface area contributed by atoms with E-state index in [0.717, 1.165) is 11.3 Å². The predicted molar refractivity (Wildman–Crippen MR) is 109 cm³/mol. The number of carbonyl (C=O) groups is 1. The molecule has 8 heteroatoms. The molecule has 0 aliphatic carbocycles.